The molecule has 0 aromatic heterocycles. The Hall–Kier alpha value is -0.700. The number of hydrogen-bond donors (Lipinski definition) is 1. The number of benzene rings is 1. The van der Waals surface area contributed by atoms with Gasteiger partial charge in [0.15, 0.2) is 0 Å². The number of fused-ring (bicyclic) bond motifs is 1. The number of nitrogens with one attached hydrogen (secondary N) is 1. The topological polar surface area (TPSA) is 12.0 Å². The van der Waals surface area contributed by atoms with E-state index in [9.17, 15) is 4.39 Å². The van der Waals surface area contributed by atoms with Crippen LogP contribution in [0.4, 0.5) is 10.1 Å². The van der Waals surface area contributed by atoms with Crippen molar-refractivity contribution in [3.8, 4) is 0 Å². The summed E-state index contributed by atoms with van der Waals surface area (Å²) in [4.78, 5) is 0. The first-order valence-corrected chi connectivity index (χ1v) is 7.04. The molecule has 2 unspecified atom stereocenters. The van der Waals surface area contributed by atoms with Crippen LogP contribution < -0.4 is 5.32 Å². The minimum absolute atomic E-state index is 0.101. The summed E-state index contributed by atoms with van der Waals surface area (Å²) in [7, 11) is 0. The predicted molar refractivity (Wildman–Crippen MR) is 67.7 cm³/mol. The van der Waals surface area contributed by atoms with Gasteiger partial charge in [-0.25, -0.2) is 4.39 Å². The average molecular weight is 237 g/mol. The standard InChI is InChI=1S/C13H16FNS/c14-9-3-4-12-11(8-9)10(5-6-15-12)13-2-1-7-16-13/h3-4,8,10,13,15H,1-2,5-7H2. The van der Waals surface area contributed by atoms with E-state index in [1.54, 1.807) is 12.1 Å². The molecule has 2 atom stereocenters. The number of thioether (sulfide) groups is 1. The molecule has 0 radical (unpaired) electrons. The number of hydrogen-bond acceptors (Lipinski definition) is 2. The van der Waals surface area contributed by atoms with Crippen molar-refractivity contribution in [1.82, 2.24) is 0 Å². The summed E-state index contributed by atoms with van der Waals surface area (Å²) in [5, 5.41) is 4.08. The van der Waals surface area contributed by atoms with Crippen LogP contribution in [-0.4, -0.2) is 17.5 Å². The van der Waals surface area contributed by atoms with Gasteiger partial charge in [-0.05, 0) is 54.7 Å². The highest BCUT2D eigenvalue weighted by atomic mass is 32.2. The van der Waals surface area contributed by atoms with Gasteiger partial charge in [0.2, 0.25) is 0 Å². The van der Waals surface area contributed by atoms with Gasteiger partial charge in [0.1, 0.15) is 5.82 Å². The molecule has 16 heavy (non-hydrogen) atoms. The third kappa shape index (κ3) is 1.81. The second-order valence-corrected chi connectivity index (χ2v) is 5.95. The summed E-state index contributed by atoms with van der Waals surface area (Å²) in [6.45, 7) is 1.03. The van der Waals surface area contributed by atoms with E-state index in [1.165, 1.54) is 24.2 Å². The van der Waals surface area contributed by atoms with Gasteiger partial charge in [0.25, 0.3) is 0 Å². The molecule has 3 heteroatoms. The molecule has 3 rings (SSSR count). The molecule has 1 saturated heterocycles. The third-order valence-electron chi connectivity index (χ3n) is 3.60. The van der Waals surface area contributed by atoms with E-state index < -0.39 is 0 Å². The lowest BCUT2D eigenvalue weighted by molar-refractivity contribution is 0.568. The number of anilines is 1. The lowest BCUT2D eigenvalue weighted by Gasteiger charge is -2.30. The highest BCUT2D eigenvalue weighted by Gasteiger charge is 2.30. The minimum Gasteiger partial charge on any atom is -0.385 e. The second-order valence-electron chi connectivity index (χ2n) is 4.60. The molecule has 1 aromatic carbocycles. The van der Waals surface area contributed by atoms with Crippen LogP contribution in [-0.2, 0) is 0 Å². The fourth-order valence-corrected chi connectivity index (χ4v) is 4.31. The van der Waals surface area contributed by atoms with Gasteiger partial charge < -0.3 is 5.32 Å². The van der Waals surface area contributed by atoms with E-state index in [0.717, 1.165) is 18.7 Å². The van der Waals surface area contributed by atoms with Crippen LogP contribution >= 0.6 is 11.8 Å². The Labute approximate surface area is 99.8 Å². The van der Waals surface area contributed by atoms with Gasteiger partial charge in [-0.15, -0.1) is 0 Å². The van der Waals surface area contributed by atoms with E-state index >= 15 is 0 Å². The van der Waals surface area contributed by atoms with Crippen LogP contribution in [0.2, 0.25) is 0 Å². The zero-order valence-electron chi connectivity index (χ0n) is 9.21. The molecule has 2 aliphatic heterocycles. The highest BCUT2D eigenvalue weighted by molar-refractivity contribution is 8.00. The largest absolute Gasteiger partial charge is 0.385 e. The van der Waals surface area contributed by atoms with Gasteiger partial charge in [-0.1, -0.05) is 0 Å². The maximum atomic E-state index is 13.3. The number of rotatable bonds is 1. The Balaban J connectivity index is 1.94. The van der Waals surface area contributed by atoms with E-state index in [1.807, 2.05) is 6.07 Å². The first-order valence-electron chi connectivity index (χ1n) is 5.99. The summed E-state index contributed by atoms with van der Waals surface area (Å²) in [5.74, 6) is 1.73. The van der Waals surface area contributed by atoms with Gasteiger partial charge in [-0.3, -0.25) is 0 Å². The fourth-order valence-electron chi connectivity index (χ4n) is 2.83. The first kappa shape index (κ1) is 10.5. The maximum absolute atomic E-state index is 13.3. The number of halogens is 1. The Morgan fingerprint density at radius 2 is 2.25 bits per heavy atom. The van der Waals surface area contributed by atoms with Crippen LogP contribution in [0.5, 0.6) is 0 Å². The monoisotopic (exact) mass is 237 g/mol. The molecule has 86 valence electrons. The quantitative estimate of drug-likeness (QED) is 0.800. The zero-order chi connectivity index (χ0) is 11.0. The SMILES string of the molecule is Fc1ccc2c(c1)C(C1CCCS1)CCN2. The van der Waals surface area contributed by atoms with E-state index in [-0.39, 0.29) is 5.82 Å². The molecule has 1 aromatic rings. The van der Waals surface area contributed by atoms with Gasteiger partial charge >= 0.3 is 0 Å². The van der Waals surface area contributed by atoms with E-state index in [0.29, 0.717) is 11.2 Å². The first-order chi connectivity index (χ1) is 7.84. The van der Waals surface area contributed by atoms with Crippen LogP contribution in [0.15, 0.2) is 18.2 Å². The van der Waals surface area contributed by atoms with E-state index in [2.05, 4.69) is 17.1 Å². The Morgan fingerprint density at radius 1 is 1.31 bits per heavy atom. The Kier molecular flexibility index (Phi) is 2.80. The van der Waals surface area contributed by atoms with Gasteiger partial charge in [-0.2, -0.15) is 11.8 Å². The summed E-state index contributed by atoms with van der Waals surface area (Å²) in [6, 6.07) is 5.16. The molecule has 0 spiro atoms. The van der Waals surface area contributed by atoms with Crippen molar-refractivity contribution in [3.63, 3.8) is 0 Å². The van der Waals surface area contributed by atoms with Crippen molar-refractivity contribution >= 4 is 17.4 Å². The molecule has 0 bridgehead atoms. The minimum atomic E-state index is -0.101. The predicted octanol–water partition coefficient (Wildman–Crippen LogP) is 3.62. The third-order valence-corrected chi connectivity index (χ3v) is 5.11. The Morgan fingerprint density at radius 3 is 3.06 bits per heavy atom. The average Bonchev–Trinajstić information content (AvgIpc) is 2.81. The van der Waals surface area contributed by atoms with E-state index in [4.69, 9.17) is 0 Å². The van der Waals surface area contributed by atoms with Crippen LogP contribution in [0.1, 0.15) is 30.7 Å². The molecule has 2 aliphatic rings. The summed E-state index contributed by atoms with van der Waals surface area (Å²) in [6.07, 6.45) is 3.77. The maximum Gasteiger partial charge on any atom is 0.123 e. The molecular formula is C13H16FNS. The lowest BCUT2D eigenvalue weighted by Crippen LogP contribution is -2.23. The molecule has 0 aliphatic carbocycles. The molecule has 1 N–H and O–H groups in total. The van der Waals surface area contributed by atoms with Crippen LogP contribution in [0.25, 0.3) is 0 Å². The molecule has 0 saturated carbocycles. The van der Waals surface area contributed by atoms with Crippen LogP contribution in [0, 0.1) is 5.82 Å². The highest BCUT2D eigenvalue weighted by Crippen LogP contribution is 2.43. The van der Waals surface area contributed by atoms with Crippen LogP contribution in [0.3, 0.4) is 0 Å². The normalized spacial score (nSPS) is 28.6. The second kappa shape index (κ2) is 4.28. The van der Waals surface area contributed by atoms with Crippen molar-refractivity contribution in [2.45, 2.75) is 30.4 Å². The van der Waals surface area contributed by atoms with Crippen molar-refractivity contribution in [2.75, 3.05) is 17.6 Å². The molecule has 0 amide bonds. The molecule has 1 nitrogen and oxygen atoms in total. The van der Waals surface area contributed by atoms with Crippen molar-refractivity contribution < 1.29 is 4.39 Å². The molecule has 1 fully saturated rings. The summed E-state index contributed by atoms with van der Waals surface area (Å²) >= 11 is 2.07. The summed E-state index contributed by atoms with van der Waals surface area (Å²) < 4.78 is 13.3. The molecular weight excluding hydrogens is 221 g/mol. The van der Waals surface area contributed by atoms with Gasteiger partial charge in [0.05, 0.1) is 0 Å². The fraction of sp³-hybridized carbons (Fsp3) is 0.538. The smallest absolute Gasteiger partial charge is 0.123 e. The molecule has 2 heterocycles. The Bertz CT molecular complexity index is 388. The van der Waals surface area contributed by atoms with Crippen molar-refractivity contribution in [2.24, 2.45) is 0 Å². The zero-order valence-corrected chi connectivity index (χ0v) is 10.0. The van der Waals surface area contributed by atoms with Crippen molar-refractivity contribution in [1.29, 1.82) is 0 Å². The lowest BCUT2D eigenvalue weighted by atomic mass is 9.86. The van der Waals surface area contributed by atoms with Gasteiger partial charge in [0, 0.05) is 17.5 Å². The summed E-state index contributed by atoms with van der Waals surface area (Å²) in [5.41, 5.74) is 2.34. The van der Waals surface area contributed by atoms with Crippen molar-refractivity contribution in [3.05, 3.63) is 29.6 Å².